The lowest BCUT2D eigenvalue weighted by atomic mass is 9.83. The van der Waals surface area contributed by atoms with E-state index >= 15 is 0 Å². The van der Waals surface area contributed by atoms with E-state index in [9.17, 15) is 4.79 Å². The molecule has 1 aliphatic carbocycles. The van der Waals surface area contributed by atoms with Crippen LogP contribution >= 0.6 is 0 Å². The fraction of sp³-hybridized carbons (Fsp3) is 0.933. The molecule has 3 nitrogen and oxygen atoms in total. The molecule has 0 radical (unpaired) electrons. The highest BCUT2D eigenvalue weighted by molar-refractivity contribution is 5.76. The van der Waals surface area contributed by atoms with Crippen molar-refractivity contribution in [3.8, 4) is 0 Å². The van der Waals surface area contributed by atoms with Crippen molar-refractivity contribution in [2.45, 2.75) is 76.8 Å². The average molecular weight is 252 g/mol. The van der Waals surface area contributed by atoms with Crippen LogP contribution in [0, 0.1) is 5.92 Å². The van der Waals surface area contributed by atoms with Crippen LogP contribution in [0.15, 0.2) is 0 Å². The molecular weight excluding hydrogens is 224 g/mol. The lowest BCUT2D eigenvalue weighted by Gasteiger charge is -2.34. The first-order valence-electron chi connectivity index (χ1n) is 7.72. The lowest BCUT2D eigenvalue weighted by Crippen LogP contribution is -2.42. The van der Waals surface area contributed by atoms with Crippen molar-refractivity contribution in [1.29, 1.82) is 0 Å². The molecule has 104 valence electrons. The maximum atomic E-state index is 12.2. The highest BCUT2D eigenvalue weighted by Crippen LogP contribution is 2.27. The third-order valence-electron chi connectivity index (χ3n) is 4.78. The van der Waals surface area contributed by atoms with Gasteiger partial charge < -0.3 is 10.6 Å². The van der Waals surface area contributed by atoms with E-state index < -0.39 is 0 Å². The minimum Gasteiger partial charge on any atom is -0.340 e. The highest BCUT2D eigenvalue weighted by atomic mass is 16.2. The predicted molar refractivity (Wildman–Crippen MR) is 74.2 cm³/mol. The van der Waals surface area contributed by atoms with Crippen LogP contribution in [0.25, 0.3) is 0 Å². The first kappa shape index (κ1) is 13.9. The number of nitrogens with zero attached hydrogens (tertiary/aromatic N) is 1. The van der Waals surface area contributed by atoms with Gasteiger partial charge in [0.1, 0.15) is 0 Å². The number of carbonyl (C=O) groups is 1. The second-order valence-electron chi connectivity index (χ2n) is 6.25. The topological polar surface area (TPSA) is 46.3 Å². The van der Waals surface area contributed by atoms with Gasteiger partial charge in [-0.05, 0) is 64.2 Å². The standard InChI is InChI=1S/C15H28N2O/c1-12-4-2-3-11-17(12)15(18)10-7-13-5-8-14(16)9-6-13/h12-14H,2-11,16H2,1H3. The summed E-state index contributed by atoms with van der Waals surface area (Å²) in [6.45, 7) is 3.17. The van der Waals surface area contributed by atoms with Gasteiger partial charge in [0.25, 0.3) is 0 Å². The van der Waals surface area contributed by atoms with Gasteiger partial charge in [-0.2, -0.15) is 0 Å². The fourth-order valence-electron chi connectivity index (χ4n) is 3.42. The van der Waals surface area contributed by atoms with E-state index in [0.29, 0.717) is 18.0 Å². The Hall–Kier alpha value is -0.570. The third-order valence-corrected chi connectivity index (χ3v) is 4.78. The van der Waals surface area contributed by atoms with Crippen LogP contribution in [0.2, 0.25) is 0 Å². The minimum atomic E-state index is 0.386. The molecular formula is C15H28N2O. The number of nitrogens with two attached hydrogens (primary N) is 1. The molecule has 0 aromatic carbocycles. The number of hydrogen-bond acceptors (Lipinski definition) is 2. The van der Waals surface area contributed by atoms with Gasteiger partial charge in [0.2, 0.25) is 5.91 Å². The molecule has 2 rings (SSSR count). The van der Waals surface area contributed by atoms with Gasteiger partial charge in [-0.25, -0.2) is 0 Å². The summed E-state index contributed by atoms with van der Waals surface area (Å²) in [4.78, 5) is 14.3. The molecule has 1 aliphatic heterocycles. The summed E-state index contributed by atoms with van der Waals surface area (Å²) in [6, 6.07) is 0.880. The molecule has 1 saturated carbocycles. The normalized spacial score (nSPS) is 33.4. The molecule has 0 aromatic rings. The zero-order valence-corrected chi connectivity index (χ0v) is 11.7. The smallest absolute Gasteiger partial charge is 0.222 e. The van der Waals surface area contributed by atoms with E-state index in [0.717, 1.165) is 38.1 Å². The van der Waals surface area contributed by atoms with Crippen LogP contribution < -0.4 is 5.73 Å². The van der Waals surface area contributed by atoms with Gasteiger partial charge in [0.15, 0.2) is 0 Å². The maximum Gasteiger partial charge on any atom is 0.222 e. The number of likely N-dealkylation sites (tertiary alicyclic amines) is 1. The summed E-state index contributed by atoms with van der Waals surface area (Å²) < 4.78 is 0. The summed E-state index contributed by atoms with van der Waals surface area (Å²) >= 11 is 0. The van der Waals surface area contributed by atoms with Crippen molar-refractivity contribution in [1.82, 2.24) is 4.90 Å². The van der Waals surface area contributed by atoms with E-state index in [1.807, 2.05) is 0 Å². The number of amides is 1. The van der Waals surface area contributed by atoms with Crippen LogP contribution in [0.4, 0.5) is 0 Å². The Morgan fingerprint density at radius 2 is 1.89 bits per heavy atom. The van der Waals surface area contributed by atoms with Crippen molar-refractivity contribution in [2.24, 2.45) is 11.7 Å². The summed E-state index contributed by atoms with van der Waals surface area (Å²) in [7, 11) is 0. The van der Waals surface area contributed by atoms with Crippen LogP contribution in [0.1, 0.15) is 64.7 Å². The average Bonchev–Trinajstić information content (AvgIpc) is 2.38. The van der Waals surface area contributed by atoms with E-state index in [4.69, 9.17) is 5.73 Å². The molecule has 1 saturated heterocycles. The van der Waals surface area contributed by atoms with Crippen LogP contribution in [-0.4, -0.2) is 29.4 Å². The summed E-state index contributed by atoms with van der Waals surface area (Å²) in [5.74, 6) is 1.13. The largest absolute Gasteiger partial charge is 0.340 e. The zero-order chi connectivity index (χ0) is 13.0. The summed E-state index contributed by atoms with van der Waals surface area (Å²) in [5.41, 5.74) is 5.91. The Bertz CT molecular complexity index is 272. The molecule has 1 unspecified atom stereocenters. The molecule has 2 fully saturated rings. The van der Waals surface area contributed by atoms with Gasteiger partial charge in [0.05, 0.1) is 0 Å². The number of piperidine rings is 1. The van der Waals surface area contributed by atoms with E-state index in [-0.39, 0.29) is 0 Å². The summed E-state index contributed by atoms with van der Waals surface area (Å²) in [5, 5.41) is 0. The SMILES string of the molecule is CC1CCCCN1C(=O)CCC1CCC(N)CC1. The zero-order valence-electron chi connectivity index (χ0n) is 11.7. The Morgan fingerprint density at radius 3 is 2.56 bits per heavy atom. The Morgan fingerprint density at radius 1 is 1.17 bits per heavy atom. The number of rotatable bonds is 3. The van der Waals surface area contributed by atoms with Gasteiger partial charge >= 0.3 is 0 Å². The molecule has 2 aliphatic rings. The Kier molecular flexibility index (Phi) is 5.04. The van der Waals surface area contributed by atoms with Crippen LogP contribution in [0.5, 0.6) is 0 Å². The molecule has 0 aromatic heterocycles. The lowest BCUT2D eigenvalue weighted by molar-refractivity contribution is -0.134. The molecule has 2 N–H and O–H groups in total. The predicted octanol–water partition coefficient (Wildman–Crippen LogP) is 2.69. The molecule has 1 atom stereocenters. The molecule has 0 bridgehead atoms. The summed E-state index contributed by atoms with van der Waals surface area (Å²) in [6.07, 6.45) is 10.2. The Balaban J connectivity index is 1.71. The highest BCUT2D eigenvalue weighted by Gasteiger charge is 2.24. The van der Waals surface area contributed by atoms with Crippen molar-refractivity contribution in [3.05, 3.63) is 0 Å². The van der Waals surface area contributed by atoms with Crippen LogP contribution in [0.3, 0.4) is 0 Å². The van der Waals surface area contributed by atoms with E-state index in [2.05, 4.69) is 11.8 Å². The second kappa shape index (κ2) is 6.55. The second-order valence-corrected chi connectivity index (χ2v) is 6.25. The van der Waals surface area contributed by atoms with E-state index in [1.54, 1.807) is 0 Å². The third kappa shape index (κ3) is 3.71. The minimum absolute atomic E-state index is 0.386. The van der Waals surface area contributed by atoms with Crippen molar-refractivity contribution in [3.63, 3.8) is 0 Å². The number of hydrogen-bond donors (Lipinski definition) is 1. The van der Waals surface area contributed by atoms with Crippen LogP contribution in [-0.2, 0) is 4.79 Å². The first-order valence-corrected chi connectivity index (χ1v) is 7.72. The van der Waals surface area contributed by atoms with Gasteiger partial charge in [0, 0.05) is 25.0 Å². The van der Waals surface area contributed by atoms with Crippen molar-refractivity contribution >= 4 is 5.91 Å². The monoisotopic (exact) mass is 252 g/mol. The molecule has 1 amide bonds. The molecule has 1 heterocycles. The van der Waals surface area contributed by atoms with Crippen molar-refractivity contribution < 1.29 is 4.79 Å². The number of carbonyl (C=O) groups excluding carboxylic acids is 1. The fourth-order valence-corrected chi connectivity index (χ4v) is 3.42. The molecule has 18 heavy (non-hydrogen) atoms. The van der Waals surface area contributed by atoms with E-state index in [1.165, 1.54) is 32.1 Å². The first-order chi connectivity index (χ1) is 8.66. The van der Waals surface area contributed by atoms with Gasteiger partial charge in [-0.3, -0.25) is 4.79 Å². The molecule has 3 heteroatoms. The van der Waals surface area contributed by atoms with Crippen molar-refractivity contribution in [2.75, 3.05) is 6.54 Å². The van der Waals surface area contributed by atoms with Gasteiger partial charge in [-0.15, -0.1) is 0 Å². The molecule has 0 spiro atoms. The maximum absolute atomic E-state index is 12.2. The van der Waals surface area contributed by atoms with Gasteiger partial charge in [-0.1, -0.05) is 0 Å². The quantitative estimate of drug-likeness (QED) is 0.839. The Labute approximate surface area is 111 Å².